The van der Waals surface area contributed by atoms with Gasteiger partial charge in [-0.05, 0) is 36.3 Å². The van der Waals surface area contributed by atoms with Crippen LogP contribution in [0.4, 0.5) is 5.69 Å². The Morgan fingerprint density at radius 3 is 2.63 bits per heavy atom. The van der Waals surface area contributed by atoms with Crippen LogP contribution in [0.5, 0.6) is 0 Å². The van der Waals surface area contributed by atoms with Gasteiger partial charge in [0, 0.05) is 5.39 Å². The minimum atomic E-state index is -0.594. The van der Waals surface area contributed by atoms with Gasteiger partial charge in [0.05, 0.1) is 0 Å². The van der Waals surface area contributed by atoms with Crippen LogP contribution in [0, 0.1) is 0 Å². The predicted molar refractivity (Wildman–Crippen MR) is 103 cm³/mol. The number of carbonyl (C=O) groups excluding carboxylic acids is 1. The van der Waals surface area contributed by atoms with Crippen LogP contribution in [0.2, 0.25) is 0 Å². The summed E-state index contributed by atoms with van der Waals surface area (Å²) in [7, 11) is 9.63. The molecule has 2 heterocycles. The van der Waals surface area contributed by atoms with Crippen LogP contribution in [-0.2, 0) is 25.5 Å². The zero-order valence-corrected chi connectivity index (χ0v) is 16.9. The molecule has 0 radical (unpaired) electrons. The van der Waals surface area contributed by atoms with Crippen molar-refractivity contribution < 1.29 is 29.9 Å². The Bertz CT molecular complexity index is 969. The summed E-state index contributed by atoms with van der Waals surface area (Å²) in [5.41, 5.74) is 12.1. The quantitative estimate of drug-likeness (QED) is 0.325. The number of nitrogens with two attached hydrogens (primary N) is 2. The van der Waals surface area contributed by atoms with E-state index in [9.17, 15) is 9.59 Å². The second-order valence-corrected chi connectivity index (χ2v) is 7.73. The van der Waals surface area contributed by atoms with E-state index in [1.165, 1.54) is 0 Å². The average molecular weight is 502 g/mol. The van der Waals surface area contributed by atoms with E-state index < -0.39 is 11.7 Å². The molecule has 0 bridgehead atoms. The number of hydrogen-bond acceptors (Lipinski definition) is 6. The van der Waals surface area contributed by atoms with E-state index in [2.05, 4.69) is 0 Å². The van der Waals surface area contributed by atoms with E-state index in [1.54, 1.807) is 24.3 Å². The van der Waals surface area contributed by atoms with Gasteiger partial charge in [-0.1, -0.05) is 30.4 Å². The van der Waals surface area contributed by atoms with Gasteiger partial charge in [-0.25, -0.2) is 9.59 Å². The zero-order valence-electron chi connectivity index (χ0n) is 13.8. The molecule has 0 amide bonds. The Labute approximate surface area is 171 Å². The summed E-state index contributed by atoms with van der Waals surface area (Å²) in [4.78, 5) is 21.9. The van der Waals surface area contributed by atoms with Gasteiger partial charge in [-0.15, -0.1) is 0 Å². The van der Waals surface area contributed by atoms with Gasteiger partial charge < -0.3 is 20.6 Å². The van der Waals surface area contributed by atoms with E-state index >= 15 is 0 Å². The molecule has 27 heavy (non-hydrogen) atoms. The zero-order chi connectivity index (χ0) is 19.8. The Hall–Kier alpha value is -1.88. The van der Waals surface area contributed by atoms with E-state index in [0.717, 1.165) is 17.4 Å². The van der Waals surface area contributed by atoms with Crippen LogP contribution < -0.4 is 17.1 Å². The molecule has 1 aliphatic carbocycles. The Balaban J connectivity index is 0.000000170. The Morgan fingerprint density at radius 2 is 1.89 bits per heavy atom. The monoisotopic (exact) mass is 500 g/mol. The van der Waals surface area contributed by atoms with Crippen LogP contribution in [0.15, 0.2) is 75.2 Å². The van der Waals surface area contributed by atoms with Crippen LogP contribution in [0.3, 0.4) is 0 Å². The molecule has 0 saturated carbocycles. The number of para-hydroxylation sites is 1. The molecule has 9 heteroatoms. The molecule has 1 unspecified atom stereocenters. The number of anilines is 1. The van der Waals surface area contributed by atoms with Gasteiger partial charge in [0.2, 0.25) is 0 Å². The molecule has 2 aromatic rings. The van der Waals surface area contributed by atoms with Crippen molar-refractivity contribution in [3.8, 4) is 0 Å². The first kappa shape index (κ1) is 21.4. The Kier molecular flexibility index (Phi) is 8.30. The van der Waals surface area contributed by atoms with Crippen molar-refractivity contribution in [3.63, 3.8) is 0 Å². The van der Waals surface area contributed by atoms with Crippen molar-refractivity contribution in [2.75, 3.05) is 5.73 Å². The molecule has 1 aliphatic heterocycles. The van der Waals surface area contributed by atoms with Gasteiger partial charge in [-0.2, -0.15) is 0 Å². The molecule has 4 rings (SSSR count). The van der Waals surface area contributed by atoms with E-state index in [-0.39, 0.29) is 27.6 Å². The summed E-state index contributed by atoms with van der Waals surface area (Å²) in [5.74, 6) is 0.268. The third-order valence-electron chi connectivity index (χ3n) is 3.57. The molecule has 1 aromatic heterocycles. The predicted octanol–water partition coefficient (Wildman–Crippen LogP) is 3.39. The van der Waals surface area contributed by atoms with Crippen molar-refractivity contribution in [3.05, 3.63) is 76.4 Å². The number of nitrogen functional groups attached to an aromatic ring is 1. The second-order valence-electron chi connectivity index (χ2n) is 5.37. The van der Waals surface area contributed by atoms with E-state index in [1.807, 2.05) is 30.4 Å². The molecule has 6 nitrogen and oxygen atoms in total. The Morgan fingerprint density at radius 1 is 1.19 bits per heavy atom. The number of ether oxygens (including phenoxy) is 1. The van der Waals surface area contributed by atoms with Crippen LogP contribution >= 0.6 is 19.1 Å². The molecule has 146 valence electrons. The van der Waals surface area contributed by atoms with E-state index in [0.29, 0.717) is 11.3 Å². The summed E-state index contributed by atoms with van der Waals surface area (Å²) in [6.45, 7) is 0. The second kappa shape index (κ2) is 10.5. The summed E-state index contributed by atoms with van der Waals surface area (Å²) >= 11 is -0.106. The number of allylic oxidation sites excluding steroid dienone is 4. The van der Waals surface area contributed by atoms with Crippen LogP contribution in [-0.4, -0.2) is 12.0 Å². The standard InChI is InChI=1S/C9H9NO2.C9H7NO2.2ClH.Pd/c2*10-7-5-6-3-1-2-4-8(6)12-9(7)11;;;/h1-2,4-5,7H,3,10H2;1-5H,10H2;2*1H;/q;;;;+2/p-2. The average Bonchev–Trinajstić information content (AvgIpc) is 2.65. The fourth-order valence-corrected chi connectivity index (χ4v) is 2.35. The number of halogens is 2. The van der Waals surface area contributed by atoms with Gasteiger partial charge in [-0.3, -0.25) is 0 Å². The maximum atomic E-state index is 11.0. The van der Waals surface area contributed by atoms with Crippen molar-refractivity contribution in [1.29, 1.82) is 0 Å². The molecular formula is C18H16Cl2N2O4Pd. The maximum absolute atomic E-state index is 11.0. The third-order valence-corrected chi connectivity index (χ3v) is 3.57. The summed E-state index contributed by atoms with van der Waals surface area (Å²) in [6, 6.07) is 8.26. The topological polar surface area (TPSA) is 109 Å². The number of rotatable bonds is 0. The van der Waals surface area contributed by atoms with Crippen molar-refractivity contribution in [2.45, 2.75) is 12.5 Å². The minimum absolute atomic E-state index is 0.106. The van der Waals surface area contributed by atoms with Crippen molar-refractivity contribution in [2.24, 2.45) is 5.73 Å². The van der Waals surface area contributed by atoms with Crippen LogP contribution in [0.1, 0.15) is 6.42 Å². The SMILES string of the molecule is NC1C=C2CC=CC=C2OC1=O.Nc1cc2ccccc2oc1=O.[Cl][Pd][Cl]. The molecule has 1 atom stereocenters. The van der Waals surface area contributed by atoms with Gasteiger partial charge in [0.15, 0.2) is 0 Å². The number of carbonyl (C=O) groups is 1. The number of hydrogen-bond donors (Lipinski definition) is 2. The molecule has 0 saturated heterocycles. The van der Waals surface area contributed by atoms with Gasteiger partial charge >= 0.3 is 46.6 Å². The molecule has 0 fully saturated rings. The summed E-state index contributed by atoms with van der Waals surface area (Å²) in [6.07, 6.45) is 8.20. The fraction of sp³-hybridized carbons (Fsp3) is 0.111. The number of fused-ring (bicyclic) bond motifs is 2. The molecule has 0 spiro atoms. The van der Waals surface area contributed by atoms with Gasteiger partial charge in [0.1, 0.15) is 23.1 Å². The first-order chi connectivity index (χ1) is 13.0. The fourth-order valence-electron chi connectivity index (χ4n) is 2.35. The molecule has 4 N–H and O–H groups in total. The van der Waals surface area contributed by atoms with Crippen molar-refractivity contribution in [1.82, 2.24) is 0 Å². The number of esters is 1. The first-order valence-electron chi connectivity index (χ1n) is 7.62. The summed E-state index contributed by atoms with van der Waals surface area (Å²) in [5, 5.41) is 0.842. The molecular weight excluding hydrogens is 486 g/mol. The third kappa shape index (κ3) is 6.06. The molecule has 1 aromatic carbocycles. The molecule has 2 aliphatic rings. The van der Waals surface area contributed by atoms with Gasteiger partial charge in [0.25, 0.3) is 0 Å². The number of benzene rings is 1. The summed E-state index contributed by atoms with van der Waals surface area (Å²) < 4.78 is 9.89. The first-order valence-corrected chi connectivity index (χ1v) is 11.6. The van der Waals surface area contributed by atoms with Crippen molar-refractivity contribution >= 4 is 41.7 Å². The normalized spacial score (nSPS) is 17.4. The van der Waals surface area contributed by atoms with Crippen LogP contribution in [0.25, 0.3) is 11.0 Å². The van der Waals surface area contributed by atoms with E-state index in [4.69, 9.17) is 39.7 Å².